The van der Waals surface area contributed by atoms with Gasteiger partial charge < -0.3 is 15.2 Å². The predicted molar refractivity (Wildman–Crippen MR) is 63.9 cm³/mol. The lowest BCUT2D eigenvalue weighted by Crippen LogP contribution is -2.24. The van der Waals surface area contributed by atoms with E-state index >= 15 is 0 Å². The fourth-order valence-corrected chi connectivity index (χ4v) is 1.98. The Balaban J connectivity index is 2.17. The van der Waals surface area contributed by atoms with Crippen molar-refractivity contribution < 1.29 is 9.47 Å². The molecule has 16 heavy (non-hydrogen) atoms. The normalized spacial score (nSPS) is 22.7. The highest BCUT2D eigenvalue weighted by atomic mass is 16.5. The van der Waals surface area contributed by atoms with Gasteiger partial charge in [-0.15, -0.1) is 0 Å². The Labute approximate surface area is 96.5 Å². The van der Waals surface area contributed by atoms with Gasteiger partial charge in [-0.05, 0) is 31.0 Å². The van der Waals surface area contributed by atoms with Gasteiger partial charge >= 0.3 is 0 Å². The maximum absolute atomic E-state index is 6.12. The smallest absolute Gasteiger partial charge is 0.125 e. The highest BCUT2D eigenvalue weighted by Crippen LogP contribution is 2.38. The summed E-state index contributed by atoms with van der Waals surface area (Å²) in [6.45, 7) is 4.92. The molecule has 0 radical (unpaired) electrons. The second-order valence-electron chi connectivity index (χ2n) is 4.14. The molecule has 1 aliphatic heterocycles. The van der Waals surface area contributed by atoms with Gasteiger partial charge in [-0.25, -0.2) is 0 Å². The molecule has 1 heterocycles. The third-order valence-electron chi connectivity index (χ3n) is 2.89. The monoisotopic (exact) mass is 221 g/mol. The van der Waals surface area contributed by atoms with Gasteiger partial charge in [0.25, 0.3) is 0 Å². The molecule has 1 aromatic rings. The number of nitrogens with two attached hydrogens (primary N) is 1. The van der Waals surface area contributed by atoms with E-state index in [9.17, 15) is 0 Å². The van der Waals surface area contributed by atoms with E-state index in [0.717, 1.165) is 36.5 Å². The van der Waals surface area contributed by atoms with Crippen molar-refractivity contribution in [2.45, 2.75) is 38.8 Å². The molecule has 2 N–H and O–H groups in total. The van der Waals surface area contributed by atoms with Crippen LogP contribution < -0.4 is 15.2 Å². The van der Waals surface area contributed by atoms with Crippen LogP contribution in [0.25, 0.3) is 0 Å². The van der Waals surface area contributed by atoms with Crippen LogP contribution >= 0.6 is 0 Å². The first-order valence-electron chi connectivity index (χ1n) is 5.95. The first kappa shape index (κ1) is 11.3. The highest BCUT2D eigenvalue weighted by molar-refractivity contribution is 5.45. The van der Waals surface area contributed by atoms with Crippen molar-refractivity contribution in [3.8, 4) is 11.5 Å². The molecule has 1 aliphatic rings. The molecule has 0 aliphatic carbocycles. The van der Waals surface area contributed by atoms with E-state index in [1.807, 2.05) is 18.2 Å². The number of rotatable bonds is 4. The molecule has 0 bridgehead atoms. The van der Waals surface area contributed by atoms with Crippen LogP contribution in [0.2, 0.25) is 0 Å². The second-order valence-corrected chi connectivity index (χ2v) is 4.14. The Kier molecular flexibility index (Phi) is 3.34. The van der Waals surface area contributed by atoms with Gasteiger partial charge in [0, 0.05) is 5.56 Å². The molecule has 2 atom stereocenters. The largest absolute Gasteiger partial charge is 0.494 e. The number of hydrogen-bond acceptors (Lipinski definition) is 3. The van der Waals surface area contributed by atoms with Crippen molar-refractivity contribution in [2.24, 2.45) is 5.73 Å². The molecule has 88 valence electrons. The third-order valence-corrected chi connectivity index (χ3v) is 2.89. The van der Waals surface area contributed by atoms with E-state index in [4.69, 9.17) is 15.2 Å². The fourth-order valence-electron chi connectivity index (χ4n) is 1.98. The van der Waals surface area contributed by atoms with Crippen molar-refractivity contribution in [1.82, 2.24) is 0 Å². The first-order valence-corrected chi connectivity index (χ1v) is 5.95. The molecule has 1 aromatic carbocycles. The second kappa shape index (κ2) is 4.74. The Hall–Kier alpha value is -1.22. The molecule has 0 spiro atoms. The van der Waals surface area contributed by atoms with Crippen molar-refractivity contribution in [3.63, 3.8) is 0 Å². The van der Waals surface area contributed by atoms with E-state index in [1.54, 1.807) is 0 Å². The lowest BCUT2D eigenvalue weighted by molar-refractivity contribution is 0.202. The number of fused-ring (bicyclic) bond motifs is 1. The Bertz CT molecular complexity index is 365. The van der Waals surface area contributed by atoms with Crippen molar-refractivity contribution in [1.29, 1.82) is 0 Å². The predicted octanol–water partition coefficient (Wildman–Crippen LogP) is 2.65. The molecule has 2 rings (SSSR count). The van der Waals surface area contributed by atoms with Crippen LogP contribution in [0.15, 0.2) is 18.2 Å². The molecular formula is C13H19NO2. The van der Waals surface area contributed by atoms with E-state index in [-0.39, 0.29) is 12.1 Å². The Morgan fingerprint density at radius 1 is 1.38 bits per heavy atom. The zero-order valence-electron chi connectivity index (χ0n) is 9.90. The summed E-state index contributed by atoms with van der Waals surface area (Å²) in [4.78, 5) is 0. The molecule has 0 aromatic heterocycles. The average molecular weight is 221 g/mol. The van der Waals surface area contributed by atoms with E-state index < -0.39 is 0 Å². The highest BCUT2D eigenvalue weighted by Gasteiger charge is 2.30. The molecule has 3 nitrogen and oxygen atoms in total. The third kappa shape index (κ3) is 2.00. The lowest BCUT2D eigenvalue weighted by Gasteiger charge is -2.11. The molecule has 0 saturated heterocycles. The maximum Gasteiger partial charge on any atom is 0.125 e. The Morgan fingerprint density at radius 3 is 2.88 bits per heavy atom. The summed E-state index contributed by atoms with van der Waals surface area (Å²) in [6, 6.07) is 5.88. The minimum atomic E-state index is -0.0230. The van der Waals surface area contributed by atoms with Gasteiger partial charge in [0.1, 0.15) is 17.6 Å². The van der Waals surface area contributed by atoms with Crippen LogP contribution in [0.5, 0.6) is 11.5 Å². The van der Waals surface area contributed by atoms with Crippen LogP contribution in [0.4, 0.5) is 0 Å². The summed E-state index contributed by atoms with van der Waals surface area (Å²) in [5, 5.41) is 0. The fraction of sp³-hybridized carbons (Fsp3) is 0.538. The van der Waals surface area contributed by atoms with Crippen molar-refractivity contribution in [2.75, 3.05) is 6.61 Å². The minimum Gasteiger partial charge on any atom is -0.494 e. The van der Waals surface area contributed by atoms with Gasteiger partial charge in [0.2, 0.25) is 0 Å². The summed E-state index contributed by atoms with van der Waals surface area (Å²) < 4.78 is 11.3. The maximum atomic E-state index is 6.12. The van der Waals surface area contributed by atoms with Crippen LogP contribution in [-0.4, -0.2) is 12.7 Å². The van der Waals surface area contributed by atoms with Crippen molar-refractivity contribution >= 4 is 0 Å². The van der Waals surface area contributed by atoms with Gasteiger partial charge in [0.15, 0.2) is 0 Å². The van der Waals surface area contributed by atoms with Gasteiger partial charge in [-0.3, -0.25) is 0 Å². The number of ether oxygens (including phenoxy) is 2. The van der Waals surface area contributed by atoms with E-state index in [2.05, 4.69) is 13.8 Å². The lowest BCUT2D eigenvalue weighted by atomic mass is 10.0. The summed E-state index contributed by atoms with van der Waals surface area (Å²) >= 11 is 0. The summed E-state index contributed by atoms with van der Waals surface area (Å²) in [5.41, 5.74) is 7.19. The minimum absolute atomic E-state index is 0.0230. The summed E-state index contributed by atoms with van der Waals surface area (Å²) in [7, 11) is 0. The van der Waals surface area contributed by atoms with Gasteiger partial charge in [0.05, 0.1) is 12.6 Å². The first-order chi connectivity index (χ1) is 7.76. The summed E-state index contributed by atoms with van der Waals surface area (Å²) in [6.07, 6.45) is 2.05. The summed E-state index contributed by atoms with van der Waals surface area (Å²) in [5.74, 6) is 1.79. The van der Waals surface area contributed by atoms with Crippen LogP contribution in [0, 0.1) is 0 Å². The van der Waals surface area contributed by atoms with Gasteiger partial charge in [-0.1, -0.05) is 13.8 Å². The molecule has 2 unspecified atom stereocenters. The van der Waals surface area contributed by atoms with Crippen LogP contribution in [0.3, 0.4) is 0 Å². The van der Waals surface area contributed by atoms with E-state index in [1.165, 1.54) is 0 Å². The molecule has 0 amide bonds. The van der Waals surface area contributed by atoms with E-state index in [0.29, 0.717) is 0 Å². The van der Waals surface area contributed by atoms with Crippen LogP contribution in [-0.2, 0) is 0 Å². The quantitative estimate of drug-likeness (QED) is 0.850. The SMILES string of the molecule is CCCOc1ccc2c(c1)C(N)C(CC)O2. The number of hydrogen-bond donors (Lipinski definition) is 1. The van der Waals surface area contributed by atoms with Crippen LogP contribution in [0.1, 0.15) is 38.3 Å². The average Bonchev–Trinajstić information content (AvgIpc) is 2.63. The zero-order chi connectivity index (χ0) is 11.5. The van der Waals surface area contributed by atoms with Crippen molar-refractivity contribution in [3.05, 3.63) is 23.8 Å². The molecular weight excluding hydrogens is 202 g/mol. The molecule has 0 fully saturated rings. The standard InChI is InChI=1S/C13H19NO2/c1-3-7-15-9-5-6-12-10(8-9)13(14)11(4-2)16-12/h5-6,8,11,13H,3-4,7,14H2,1-2H3. The number of benzene rings is 1. The topological polar surface area (TPSA) is 44.5 Å². The molecule has 0 saturated carbocycles. The zero-order valence-corrected chi connectivity index (χ0v) is 9.90. The molecule has 3 heteroatoms. The van der Waals surface area contributed by atoms with Gasteiger partial charge in [-0.2, -0.15) is 0 Å². The Morgan fingerprint density at radius 2 is 2.19 bits per heavy atom.